The quantitative estimate of drug-likeness (QED) is 0.261. The second kappa shape index (κ2) is 13.0. The van der Waals surface area contributed by atoms with Gasteiger partial charge in [-0.05, 0) is 47.9 Å². The van der Waals surface area contributed by atoms with Gasteiger partial charge in [-0.2, -0.15) is 0 Å². The van der Waals surface area contributed by atoms with Crippen LogP contribution in [0.1, 0.15) is 30.5 Å². The molecule has 0 aliphatic carbocycles. The monoisotopic (exact) mass is 537 g/mol. The summed E-state index contributed by atoms with van der Waals surface area (Å²) >= 11 is 1.42. The standard InChI is InChI=1S/C29H31NO7S/c1-19(27(32)33)37-28(34)26(30-20(2)31)18-38-29(21-8-6-5-7-9-21,22-10-14-24(35-3)15-11-22)23-12-16-25(36-4)17-13-23/h5-17,19,26H,18H2,1-4H3,(H,30,31)(H,32,33)/t19-,26+/m1/s1. The molecule has 38 heavy (non-hydrogen) atoms. The average Bonchev–Trinajstić information content (AvgIpc) is 2.93. The number of esters is 1. The van der Waals surface area contributed by atoms with Crippen LogP contribution in [0.2, 0.25) is 0 Å². The number of hydrogen-bond donors (Lipinski definition) is 2. The molecule has 9 heteroatoms. The second-order valence-electron chi connectivity index (χ2n) is 8.49. The number of carbonyl (C=O) groups excluding carboxylic acids is 2. The van der Waals surface area contributed by atoms with Gasteiger partial charge in [-0.25, -0.2) is 9.59 Å². The number of thioether (sulfide) groups is 1. The fourth-order valence-corrected chi connectivity index (χ4v) is 5.55. The first-order valence-electron chi connectivity index (χ1n) is 11.9. The molecular weight excluding hydrogens is 506 g/mol. The van der Waals surface area contributed by atoms with Gasteiger partial charge in [0.1, 0.15) is 17.5 Å². The van der Waals surface area contributed by atoms with Crippen LogP contribution >= 0.6 is 11.8 Å². The SMILES string of the molecule is COc1ccc(C(SC[C@H](NC(C)=O)C(=O)O[C@H](C)C(=O)O)(c2ccccc2)c2ccc(OC)cc2)cc1. The number of carboxylic acids is 1. The first kappa shape index (κ1) is 28.6. The topological polar surface area (TPSA) is 111 Å². The predicted octanol–water partition coefficient (Wildman–Crippen LogP) is 4.25. The number of rotatable bonds is 12. The first-order valence-corrected chi connectivity index (χ1v) is 12.9. The van der Waals surface area contributed by atoms with E-state index in [0.29, 0.717) is 11.5 Å². The number of benzene rings is 3. The number of carbonyl (C=O) groups is 3. The minimum Gasteiger partial charge on any atom is -0.497 e. The fraction of sp³-hybridized carbons (Fsp3) is 0.276. The highest BCUT2D eigenvalue weighted by molar-refractivity contribution is 8.00. The Kier molecular flexibility index (Phi) is 9.78. The van der Waals surface area contributed by atoms with Crippen molar-refractivity contribution < 1.29 is 33.7 Å². The number of nitrogens with one attached hydrogen (secondary N) is 1. The minimum atomic E-state index is -1.36. The highest BCUT2D eigenvalue weighted by Crippen LogP contribution is 2.49. The Morgan fingerprint density at radius 1 is 0.842 bits per heavy atom. The van der Waals surface area contributed by atoms with Crippen molar-refractivity contribution in [2.45, 2.75) is 30.7 Å². The summed E-state index contributed by atoms with van der Waals surface area (Å²) in [6, 6.07) is 24.0. The zero-order valence-corrected chi connectivity index (χ0v) is 22.5. The van der Waals surface area contributed by atoms with Gasteiger partial charge in [0.05, 0.1) is 19.0 Å². The second-order valence-corrected chi connectivity index (χ2v) is 9.72. The van der Waals surface area contributed by atoms with E-state index in [1.807, 2.05) is 78.9 Å². The van der Waals surface area contributed by atoms with Gasteiger partial charge < -0.3 is 24.6 Å². The van der Waals surface area contributed by atoms with Gasteiger partial charge in [-0.15, -0.1) is 11.8 Å². The van der Waals surface area contributed by atoms with Crippen LogP contribution in [0.5, 0.6) is 11.5 Å². The van der Waals surface area contributed by atoms with Gasteiger partial charge in [0.15, 0.2) is 6.10 Å². The Morgan fingerprint density at radius 2 is 1.32 bits per heavy atom. The van der Waals surface area contributed by atoms with Gasteiger partial charge in [-0.1, -0.05) is 54.6 Å². The van der Waals surface area contributed by atoms with E-state index in [4.69, 9.17) is 14.2 Å². The maximum Gasteiger partial charge on any atom is 0.344 e. The van der Waals surface area contributed by atoms with Crippen molar-refractivity contribution in [3.8, 4) is 11.5 Å². The third-order valence-corrected chi connectivity index (χ3v) is 7.58. The lowest BCUT2D eigenvalue weighted by molar-refractivity contribution is -0.164. The van der Waals surface area contributed by atoms with E-state index in [1.54, 1.807) is 14.2 Å². The Balaban J connectivity index is 2.14. The zero-order chi connectivity index (χ0) is 27.7. The zero-order valence-electron chi connectivity index (χ0n) is 21.7. The molecule has 0 bridgehead atoms. The number of hydrogen-bond acceptors (Lipinski definition) is 7. The van der Waals surface area contributed by atoms with E-state index in [-0.39, 0.29) is 5.75 Å². The molecular formula is C29H31NO7S. The molecule has 0 saturated heterocycles. The third kappa shape index (κ3) is 6.66. The summed E-state index contributed by atoms with van der Waals surface area (Å²) in [4.78, 5) is 36.2. The van der Waals surface area contributed by atoms with Gasteiger partial charge in [0, 0.05) is 12.7 Å². The molecule has 3 aromatic carbocycles. The average molecular weight is 538 g/mol. The summed E-state index contributed by atoms with van der Waals surface area (Å²) in [6.07, 6.45) is -1.36. The molecule has 0 aromatic heterocycles. The number of carboxylic acid groups (broad SMARTS) is 1. The highest BCUT2D eigenvalue weighted by Gasteiger charge is 2.39. The smallest absolute Gasteiger partial charge is 0.344 e. The van der Waals surface area contributed by atoms with Crippen LogP contribution in [0.25, 0.3) is 0 Å². The van der Waals surface area contributed by atoms with E-state index in [1.165, 1.54) is 25.6 Å². The molecule has 0 aliphatic heterocycles. The van der Waals surface area contributed by atoms with E-state index >= 15 is 0 Å². The van der Waals surface area contributed by atoms with Crippen molar-refractivity contribution in [3.63, 3.8) is 0 Å². The molecule has 0 spiro atoms. The molecule has 200 valence electrons. The molecule has 0 unspecified atom stereocenters. The molecule has 0 radical (unpaired) electrons. The fourth-order valence-electron chi connectivity index (χ4n) is 4.00. The number of ether oxygens (including phenoxy) is 3. The van der Waals surface area contributed by atoms with Crippen molar-refractivity contribution in [1.82, 2.24) is 5.32 Å². The van der Waals surface area contributed by atoms with E-state index in [0.717, 1.165) is 16.7 Å². The number of methoxy groups -OCH3 is 2. The lowest BCUT2D eigenvalue weighted by atomic mass is 9.84. The Hall–Kier alpha value is -3.98. The van der Waals surface area contributed by atoms with Crippen molar-refractivity contribution in [2.24, 2.45) is 0 Å². The Bertz CT molecular complexity index is 1180. The summed E-state index contributed by atoms with van der Waals surface area (Å²) in [7, 11) is 3.19. The van der Waals surface area contributed by atoms with Crippen LogP contribution in [0.4, 0.5) is 0 Å². The van der Waals surface area contributed by atoms with Crippen molar-refractivity contribution in [1.29, 1.82) is 0 Å². The maximum absolute atomic E-state index is 12.9. The molecule has 1 amide bonds. The van der Waals surface area contributed by atoms with Crippen molar-refractivity contribution in [2.75, 3.05) is 20.0 Å². The number of amides is 1. The van der Waals surface area contributed by atoms with E-state index < -0.39 is 34.7 Å². The van der Waals surface area contributed by atoms with Gasteiger partial charge >= 0.3 is 11.9 Å². The van der Waals surface area contributed by atoms with Gasteiger partial charge in [0.2, 0.25) is 5.91 Å². The molecule has 2 N–H and O–H groups in total. The maximum atomic E-state index is 12.9. The first-order chi connectivity index (χ1) is 18.2. The highest BCUT2D eigenvalue weighted by atomic mass is 32.2. The van der Waals surface area contributed by atoms with Crippen LogP contribution in [0, 0.1) is 0 Å². The minimum absolute atomic E-state index is 0.0949. The molecule has 3 rings (SSSR count). The van der Waals surface area contributed by atoms with Crippen molar-refractivity contribution in [3.05, 3.63) is 95.6 Å². The summed E-state index contributed by atoms with van der Waals surface area (Å²) in [5, 5.41) is 11.8. The molecule has 3 aromatic rings. The van der Waals surface area contributed by atoms with Crippen LogP contribution in [0.15, 0.2) is 78.9 Å². The van der Waals surface area contributed by atoms with Crippen LogP contribution in [-0.2, 0) is 23.9 Å². The van der Waals surface area contributed by atoms with E-state index in [9.17, 15) is 19.5 Å². The molecule has 2 atom stereocenters. The Labute approximate surface area is 226 Å². The van der Waals surface area contributed by atoms with Crippen molar-refractivity contribution >= 4 is 29.6 Å². The largest absolute Gasteiger partial charge is 0.497 e. The summed E-state index contributed by atoms with van der Waals surface area (Å²) < 4.78 is 15.0. The molecule has 0 fully saturated rings. The normalized spacial score (nSPS) is 12.6. The number of aliphatic carboxylic acids is 1. The van der Waals surface area contributed by atoms with Crippen LogP contribution in [-0.4, -0.2) is 55.1 Å². The van der Waals surface area contributed by atoms with Crippen LogP contribution in [0.3, 0.4) is 0 Å². The summed E-state index contributed by atoms with van der Waals surface area (Å²) in [5.41, 5.74) is 2.76. The molecule has 0 heterocycles. The molecule has 0 saturated carbocycles. The lowest BCUT2D eigenvalue weighted by Crippen LogP contribution is -2.45. The molecule has 0 aliphatic rings. The predicted molar refractivity (Wildman–Crippen MR) is 146 cm³/mol. The summed E-state index contributed by atoms with van der Waals surface area (Å²) in [6.45, 7) is 2.56. The van der Waals surface area contributed by atoms with Crippen LogP contribution < -0.4 is 14.8 Å². The summed E-state index contributed by atoms with van der Waals surface area (Å²) in [5.74, 6) is -1.06. The Morgan fingerprint density at radius 3 is 1.74 bits per heavy atom. The lowest BCUT2D eigenvalue weighted by Gasteiger charge is -2.36. The van der Waals surface area contributed by atoms with Gasteiger partial charge in [-0.3, -0.25) is 4.79 Å². The van der Waals surface area contributed by atoms with Gasteiger partial charge in [0.25, 0.3) is 0 Å². The van der Waals surface area contributed by atoms with E-state index in [2.05, 4.69) is 5.32 Å². The molecule has 8 nitrogen and oxygen atoms in total. The third-order valence-electron chi connectivity index (χ3n) is 5.94.